The van der Waals surface area contributed by atoms with Crippen molar-refractivity contribution in [1.82, 2.24) is 0 Å². The summed E-state index contributed by atoms with van der Waals surface area (Å²) in [5.74, 6) is -1.01. The molecule has 0 unspecified atom stereocenters. The van der Waals surface area contributed by atoms with Gasteiger partial charge in [-0.05, 0) is 34.1 Å². The predicted molar refractivity (Wildman–Crippen MR) is 62.2 cm³/mol. The van der Waals surface area contributed by atoms with Crippen LogP contribution in [-0.2, 0) is 23.8 Å². The van der Waals surface area contributed by atoms with Gasteiger partial charge in [0.25, 0.3) is 0 Å². The van der Waals surface area contributed by atoms with Gasteiger partial charge in [0.2, 0.25) is 0 Å². The number of hydrogen-bond acceptors (Lipinski definition) is 5. The van der Waals surface area contributed by atoms with Crippen LogP contribution in [0.1, 0.15) is 41.0 Å². The Morgan fingerprint density at radius 2 is 1.76 bits per heavy atom. The summed E-state index contributed by atoms with van der Waals surface area (Å²) in [7, 11) is 0. The zero-order chi connectivity index (χ0) is 13.5. The summed E-state index contributed by atoms with van der Waals surface area (Å²) in [6, 6.07) is 0. The van der Waals surface area contributed by atoms with Crippen LogP contribution in [0.5, 0.6) is 0 Å². The molecule has 0 aromatic rings. The van der Waals surface area contributed by atoms with E-state index in [1.807, 2.05) is 20.8 Å². The lowest BCUT2D eigenvalue weighted by Crippen LogP contribution is -2.28. The molecular formula is C12H22O5. The summed E-state index contributed by atoms with van der Waals surface area (Å²) in [6.07, 6.45) is 0.640. The lowest BCUT2D eigenvalue weighted by molar-refractivity contribution is -0.172. The molecule has 0 amide bonds. The van der Waals surface area contributed by atoms with E-state index in [9.17, 15) is 9.59 Å². The first-order chi connectivity index (χ1) is 7.79. The van der Waals surface area contributed by atoms with Gasteiger partial charge in [-0.25, -0.2) is 4.79 Å². The average molecular weight is 246 g/mol. The smallest absolute Gasteiger partial charge is 0.346 e. The van der Waals surface area contributed by atoms with Crippen molar-refractivity contribution in [1.29, 1.82) is 0 Å². The second-order valence-electron chi connectivity index (χ2n) is 4.66. The van der Waals surface area contributed by atoms with E-state index in [2.05, 4.69) is 0 Å². The molecule has 0 heterocycles. The highest BCUT2D eigenvalue weighted by atomic mass is 16.7. The van der Waals surface area contributed by atoms with Crippen LogP contribution in [0.3, 0.4) is 0 Å². The first-order valence-electron chi connectivity index (χ1n) is 5.74. The van der Waals surface area contributed by atoms with Crippen LogP contribution in [0.25, 0.3) is 0 Å². The van der Waals surface area contributed by atoms with Gasteiger partial charge >= 0.3 is 11.9 Å². The summed E-state index contributed by atoms with van der Waals surface area (Å²) >= 11 is 0. The molecule has 100 valence electrons. The van der Waals surface area contributed by atoms with Crippen LogP contribution >= 0.6 is 0 Å². The monoisotopic (exact) mass is 246 g/mol. The Balaban J connectivity index is 3.81. The molecular weight excluding hydrogens is 224 g/mol. The molecule has 0 N–H and O–H groups in total. The molecule has 5 heteroatoms. The quantitative estimate of drug-likeness (QED) is 0.507. The van der Waals surface area contributed by atoms with Gasteiger partial charge in [-0.15, -0.1) is 0 Å². The normalized spacial score (nSPS) is 11.4. The summed E-state index contributed by atoms with van der Waals surface area (Å²) in [5.41, 5.74) is -0.575. The van der Waals surface area contributed by atoms with Gasteiger partial charge in [-0.3, -0.25) is 4.79 Å². The number of rotatable bonds is 7. The van der Waals surface area contributed by atoms with E-state index in [0.29, 0.717) is 6.42 Å². The maximum Gasteiger partial charge on any atom is 0.346 e. The topological polar surface area (TPSA) is 61.8 Å². The maximum absolute atomic E-state index is 11.5. The van der Waals surface area contributed by atoms with Crippen LogP contribution in [0, 0.1) is 5.41 Å². The van der Waals surface area contributed by atoms with E-state index in [4.69, 9.17) is 14.2 Å². The maximum atomic E-state index is 11.5. The average Bonchev–Trinajstić information content (AvgIpc) is 2.25. The number of hydrogen-bond donors (Lipinski definition) is 0. The minimum atomic E-state index is -0.606. The molecule has 0 radical (unpaired) electrons. The highest BCUT2D eigenvalue weighted by Gasteiger charge is 2.27. The molecule has 0 aliphatic heterocycles. The van der Waals surface area contributed by atoms with Crippen molar-refractivity contribution in [3.63, 3.8) is 0 Å². The summed E-state index contributed by atoms with van der Waals surface area (Å²) < 4.78 is 14.6. The van der Waals surface area contributed by atoms with Gasteiger partial charge in [0.05, 0.1) is 11.5 Å². The Bertz CT molecular complexity index is 258. The van der Waals surface area contributed by atoms with E-state index in [0.717, 1.165) is 0 Å². The third-order valence-corrected chi connectivity index (χ3v) is 2.38. The molecule has 0 aromatic carbocycles. The van der Waals surface area contributed by atoms with Crippen molar-refractivity contribution in [3.05, 3.63) is 0 Å². The zero-order valence-corrected chi connectivity index (χ0v) is 11.2. The molecule has 0 bridgehead atoms. The SMILES string of the molecule is CCC(C)(C)C(=O)OCC(=O)OCOC(C)C. The fraction of sp³-hybridized carbons (Fsp3) is 0.833. The van der Waals surface area contributed by atoms with E-state index < -0.39 is 17.4 Å². The van der Waals surface area contributed by atoms with Crippen LogP contribution in [0.2, 0.25) is 0 Å². The molecule has 0 saturated carbocycles. The molecule has 0 fully saturated rings. The Kier molecular flexibility index (Phi) is 6.80. The minimum absolute atomic E-state index is 0.00984. The van der Waals surface area contributed by atoms with Gasteiger partial charge in [-0.1, -0.05) is 6.92 Å². The second-order valence-corrected chi connectivity index (χ2v) is 4.66. The number of carbonyl (C=O) groups is 2. The van der Waals surface area contributed by atoms with Gasteiger partial charge in [0, 0.05) is 0 Å². The standard InChI is InChI=1S/C12H22O5/c1-6-12(4,5)11(14)15-7-10(13)17-8-16-9(2)3/h9H,6-8H2,1-5H3. The lowest BCUT2D eigenvalue weighted by atomic mass is 9.91. The van der Waals surface area contributed by atoms with Crippen molar-refractivity contribution >= 4 is 11.9 Å². The number of carbonyl (C=O) groups excluding carboxylic acids is 2. The highest BCUT2D eigenvalue weighted by Crippen LogP contribution is 2.21. The minimum Gasteiger partial charge on any atom is -0.453 e. The second kappa shape index (κ2) is 7.27. The van der Waals surface area contributed by atoms with Gasteiger partial charge in [-0.2, -0.15) is 0 Å². The van der Waals surface area contributed by atoms with E-state index in [1.54, 1.807) is 13.8 Å². The molecule has 0 atom stereocenters. The molecule has 0 aliphatic carbocycles. The number of ether oxygens (including phenoxy) is 3. The lowest BCUT2D eigenvalue weighted by Gasteiger charge is -2.19. The van der Waals surface area contributed by atoms with Crippen LogP contribution in [0.4, 0.5) is 0 Å². The molecule has 5 nitrogen and oxygen atoms in total. The molecule has 0 aliphatic rings. The van der Waals surface area contributed by atoms with Crippen molar-refractivity contribution < 1.29 is 23.8 Å². The Morgan fingerprint density at radius 1 is 1.18 bits per heavy atom. The summed E-state index contributed by atoms with van der Waals surface area (Å²) in [5, 5.41) is 0. The van der Waals surface area contributed by atoms with Crippen LogP contribution in [0.15, 0.2) is 0 Å². The Hall–Kier alpha value is -1.10. The van der Waals surface area contributed by atoms with Crippen molar-refractivity contribution in [3.8, 4) is 0 Å². The third-order valence-electron chi connectivity index (χ3n) is 2.38. The van der Waals surface area contributed by atoms with Crippen molar-refractivity contribution in [2.24, 2.45) is 5.41 Å². The van der Waals surface area contributed by atoms with E-state index in [-0.39, 0.29) is 19.5 Å². The largest absolute Gasteiger partial charge is 0.453 e. The molecule has 0 aromatic heterocycles. The van der Waals surface area contributed by atoms with E-state index in [1.165, 1.54) is 0 Å². The molecule has 0 spiro atoms. The van der Waals surface area contributed by atoms with Crippen molar-refractivity contribution in [2.75, 3.05) is 13.4 Å². The summed E-state index contributed by atoms with van der Waals surface area (Å²) in [6.45, 7) is 8.59. The Labute approximate surface area is 102 Å². The molecule has 0 saturated heterocycles. The van der Waals surface area contributed by atoms with Crippen molar-refractivity contribution in [2.45, 2.75) is 47.1 Å². The van der Waals surface area contributed by atoms with E-state index >= 15 is 0 Å². The molecule has 17 heavy (non-hydrogen) atoms. The third kappa shape index (κ3) is 6.94. The number of esters is 2. The fourth-order valence-electron chi connectivity index (χ4n) is 0.742. The van der Waals surface area contributed by atoms with Gasteiger partial charge < -0.3 is 14.2 Å². The fourth-order valence-corrected chi connectivity index (χ4v) is 0.742. The Morgan fingerprint density at radius 3 is 2.24 bits per heavy atom. The first-order valence-corrected chi connectivity index (χ1v) is 5.74. The van der Waals surface area contributed by atoms with Crippen LogP contribution < -0.4 is 0 Å². The highest BCUT2D eigenvalue weighted by molar-refractivity contribution is 5.79. The predicted octanol–water partition coefficient (Wildman–Crippen LogP) is 1.89. The van der Waals surface area contributed by atoms with Gasteiger partial charge in [0.15, 0.2) is 13.4 Å². The van der Waals surface area contributed by atoms with Crippen LogP contribution in [-0.4, -0.2) is 31.4 Å². The van der Waals surface area contributed by atoms with Gasteiger partial charge in [0.1, 0.15) is 0 Å². The molecule has 0 rings (SSSR count). The first kappa shape index (κ1) is 15.9. The zero-order valence-electron chi connectivity index (χ0n) is 11.2. The summed E-state index contributed by atoms with van der Waals surface area (Å²) in [4.78, 5) is 22.7.